The highest BCUT2D eigenvalue weighted by molar-refractivity contribution is 6.07. The predicted molar refractivity (Wildman–Crippen MR) is 106 cm³/mol. The molecule has 1 aliphatic heterocycles. The number of benzene rings is 2. The largest absolute Gasteiger partial charge is 0.497 e. The van der Waals surface area contributed by atoms with Crippen LogP contribution in [0.25, 0.3) is 11.4 Å². The Hall–Kier alpha value is -3.68. The molecule has 2 aromatic carbocycles. The van der Waals surface area contributed by atoms with E-state index in [0.29, 0.717) is 18.0 Å². The van der Waals surface area contributed by atoms with E-state index in [2.05, 4.69) is 15.5 Å². The summed E-state index contributed by atoms with van der Waals surface area (Å²) < 4.78 is 10.5. The van der Waals surface area contributed by atoms with Gasteiger partial charge in [-0.2, -0.15) is 4.98 Å². The van der Waals surface area contributed by atoms with Crippen molar-refractivity contribution in [3.63, 3.8) is 0 Å². The Balaban J connectivity index is 1.41. The molecule has 1 atom stereocenters. The van der Waals surface area contributed by atoms with Crippen molar-refractivity contribution in [2.75, 3.05) is 7.11 Å². The van der Waals surface area contributed by atoms with Crippen LogP contribution in [0, 0.1) is 0 Å². The topological polar surface area (TPSA) is 97.6 Å². The monoisotopic (exact) mass is 404 g/mol. The van der Waals surface area contributed by atoms with E-state index in [0.717, 1.165) is 34.4 Å². The van der Waals surface area contributed by atoms with Gasteiger partial charge in [-0.3, -0.25) is 9.69 Å². The van der Waals surface area contributed by atoms with E-state index >= 15 is 0 Å². The summed E-state index contributed by atoms with van der Waals surface area (Å²) >= 11 is 0. The lowest BCUT2D eigenvalue weighted by Gasteiger charge is -2.33. The Morgan fingerprint density at radius 2 is 2.07 bits per heavy atom. The Bertz CT molecular complexity index is 1140. The highest BCUT2D eigenvalue weighted by Gasteiger charge is 2.54. The zero-order valence-electron chi connectivity index (χ0n) is 16.4. The van der Waals surface area contributed by atoms with Gasteiger partial charge in [0, 0.05) is 5.56 Å². The number of amides is 3. The first-order chi connectivity index (χ1) is 14.6. The first-order valence-corrected chi connectivity index (χ1v) is 9.80. The van der Waals surface area contributed by atoms with Crippen molar-refractivity contribution in [3.8, 4) is 17.1 Å². The van der Waals surface area contributed by atoms with Crippen LogP contribution >= 0.6 is 0 Å². The van der Waals surface area contributed by atoms with Crippen molar-refractivity contribution in [2.24, 2.45) is 0 Å². The number of aromatic nitrogens is 2. The number of hydrogen-bond acceptors (Lipinski definition) is 6. The SMILES string of the molecule is COc1cccc(-c2noc(CN3C(=O)NC4(CCCc5ccccc54)C3=O)n2)c1. The lowest BCUT2D eigenvalue weighted by atomic mass is 9.76. The second-order valence-electron chi connectivity index (χ2n) is 7.48. The van der Waals surface area contributed by atoms with Crippen molar-refractivity contribution < 1.29 is 18.8 Å². The Morgan fingerprint density at radius 1 is 1.20 bits per heavy atom. The molecule has 1 unspecified atom stereocenters. The quantitative estimate of drug-likeness (QED) is 0.672. The molecular formula is C22H20N4O4. The lowest BCUT2D eigenvalue weighted by Crippen LogP contribution is -2.46. The van der Waals surface area contributed by atoms with Crippen molar-refractivity contribution >= 4 is 11.9 Å². The summed E-state index contributed by atoms with van der Waals surface area (Å²) in [5.41, 5.74) is 1.68. The number of nitrogens with one attached hydrogen (secondary N) is 1. The number of imide groups is 1. The first kappa shape index (κ1) is 18.4. The molecule has 1 N–H and O–H groups in total. The summed E-state index contributed by atoms with van der Waals surface area (Å²) in [6.07, 6.45) is 2.30. The molecular weight excluding hydrogens is 384 g/mol. The maximum atomic E-state index is 13.4. The molecule has 2 aliphatic rings. The number of carbonyl (C=O) groups excluding carboxylic acids is 2. The normalized spacial score (nSPS) is 20.4. The Kier molecular flexibility index (Phi) is 4.27. The molecule has 1 spiro atoms. The molecule has 5 rings (SSSR count). The van der Waals surface area contributed by atoms with Crippen molar-refractivity contribution in [2.45, 2.75) is 31.3 Å². The highest BCUT2D eigenvalue weighted by Crippen LogP contribution is 2.40. The maximum absolute atomic E-state index is 13.4. The summed E-state index contributed by atoms with van der Waals surface area (Å²) in [6.45, 7) is -0.0778. The second-order valence-corrected chi connectivity index (χ2v) is 7.48. The van der Waals surface area contributed by atoms with Gasteiger partial charge in [-0.25, -0.2) is 4.79 Å². The summed E-state index contributed by atoms with van der Waals surface area (Å²) in [7, 11) is 1.58. The zero-order chi connectivity index (χ0) is 20.7. The molecule has 0 radical (unpaired) electrons. The fraction of sp³-hybridized carbons (Fsp3) is 0.273. The average molecular weight is 404 g/mol. The molecule has 3 aromatic rings. The zero-order valence-corrected chi connectivity index (χ0v) is 16.4. The van der Waals surface area contributed by atoms with Gasteiger partial charge in [0.2, 0.25) is 11.7 Å². The van der Waals surface area contributed by atoms with Crippen LogP contribution in [-0.2, 0) is 23.3 Å². The van der Waals surface area contributed by atoms with Crippen LogP contribution in [0.2, 0.25) is 0 Å². The number of fused-ring (bicyclic) bond motifs is 2. The van der Waals surface area contributed by atoms with E-state index in [1.165, 1.54) is 0 Å². The van der Waals surface area contributed by atoms with Gasteiger partial charge in [-0.15, -0.1) is 0 Å². The smallest absolute Gasteiger partial charge is 0.325 e. The van der Waals surface area contributed by atoms with Crippen molar-refractivity contribution in [1.29, 1.82) is 0 Å². The number of urea groups is 1. The molecule has 1 aromatic heterocycles. The number of hydrogen-bond donors (Lipinski definition) is 1. The number of ether oxygens (including phenoxy) is 1. The fourth-order valence-corrected chi connectivity index (χ4v) is 4.29. The molecule has 1 fully saturated rings. The minimum absolute atomic E-state index is 0.0778. The summed E-state index contributed by atoms with van der Waals surface area (Å²) in [5.74, 6) is 0.956. The number of aryl methyl sites for hydroxylation is 1. The minimum atomic E-state index is -1.01. The van der Waals surface area contributed by atoms with Crippen LogP contribution < -0.4 is 10.1 Å². The summed E-state index contributed by atoms with van der Waals surface area (Å²) in [6, 6.07) is 14.6. The van der Waals surface area contributed by atoms with Crippen LogP contribution in [0.4, 0.5) is 4.79 Å². The van der Waals surface area contributed by atoms with E-state index in [1.807, 2.05) is 42.5 Å². The maximum Gasteiger partial charge on any atom is 0.325 e. The van der Waals surface area contributed by atoms with E-state index in [-0.39, 0.29) is 18.3 Å². The molecule has 2 heterocycles. The average Bonchev–Trinajstić information content (AvgIpc) is 3.34. The number of nitrogens with zero attached hydrogens (tertiary/aromatic N) is 3. The molecule has 30 heavy (non-hydrogen) atoms. The molecule has 3 amide bonds. The lowest BCUT2D eigenvalue weighted by molar-refractivity contribution is -0.132. The number of rotatable bonds is 4. The van der Waals surface area contributed by atoms with Crippen LogP contribution in [0.5, 0.6) is 5.75 Å². The van der Waals surface area contributed by atoms with Crippen molar-refractivity contribution in [3.05, 3.63) is 65.5 Å². The first-order valence-electron chi connectivity index (χ1n) is 9.80. The minimum Gasteiger partial charge on any atom is -0.497 e. The highest BCUT2D eigenvalue weighted by atomic mass is 16.5. The molecule has 8 nitrogen and oxygen atoms in total. The number of methoxy groups -OCH3 is 1. The van der Waals surface area contributed by atoms with Crippen LogP contribution in [0.15, 0.2) is 53.1 Å². The van der Waals surface area contributed by atoms with Crippen LogP contribution in [-0.4, -0.2) is 34.1 Å². The Morgan fingerprint density at radius 3 is 2.93 bits per heavy atom. The van der Waals surface area contributed by atoms with Gasteiger partial charge in [0.15, 0.2) is 0 Å². The van der Waals surface area contributed by atoms with Gasteiger partial charge in [0.05, 0.1) is 7.11 Å². The van der Waals surface area contributed by atoms with Gasteiger partial charge in [-0.1, -0.05) is 41.6 Å². The molecule has 0 saturated carbocycles. The predicted octanol–water partition coefficient (Wildman–Crippen LogP) is 3.03. The van der Waals surface area contributed by atoms with E-state index in [4.69, 9.17) is 9.26 Å². The van der Waals surface area contributed by atoms with Gasteiger partial charge in [0.25, 0.3) is 5.91 Å². The van der Waals surface area contributed by atoms with E-state index in [1.54, 1.807) is 13.2 Å². The van der Waals surface area contributed by atoms with Gasteiger partial charge in [0.1, 0.15) is 17.8 Å². The summed E-state index contributed by atoms with van der Waals surface area (Å²) in [4.78, 5) is 31.6. The molecule has 1 aliphatic carbocycles. The third kappa shape index (κ3) is 2.83. The standard InChI is InChI=1S/C22H20N4O4/c1-29-16-9-4-7-15(12-16)19-23-18(30-25-19)13-26-20(27)22(24-21(26)28)11-5-8-14-6-2-3-10-17(14)22/h2-4,6-7,9-10,12H,5,8,11,13H2,1H3,(H,24,28). The third-order valence-corrected chi connectivity index (χ3v) is 5.74. The molecule has 1 saturated heterocycles. The molecule has 8 heteroatoms. The van der Waals surface area contributed by atoms with Crippen molar-refractivity contribution in [1.82, 2.24) is 20.4 Å². The van der Waals surface area contributed by atoms with Crippen LogP contribution in [0.3, 0.4) is 0 Å². The van der Waals surface area contributed by atoms with E-state index in [9.17, 15) is 9.59 Å². The fourth-order valence-electron chi connectivity index (χ4n) is 4.29. The third-order valence-electron chi connectivity index (χ3n) is 5.74. The Labute approximate surface area is 172 Å². The second kappa shape index (κ2) is 6.98. The summed E-state index contributed by atoms with van der Waals surface area (Å²) in [5, 5.41) is 6.91. The molecule has 0 bridgehead atoms. The molecule has 152 valence electrons. The number of carbonyl (C=O) groups is 2. The van der Waals surface area contributed by atoms with Crippen LogP contribution in [0.1, 0.15) is 29.9 Å². The van der Waals surface area contributed by atoms with Gasteiger partial charge in [-0.05, 0) is 42.5 Å². The van der Waals surface area contributed by atoms with Gasteiger partial charge < -0.3 is 14.6 Å². The van der Waals surface area contributed by atoms with E-state index < -0.39 is 11.6 Å². The van der Waals surface area contributed by atoms with Gasteiger partial charge >= 0.3 is 6.03 Å².